The van der Waals surface area contributed by atoms with Crippen LogP contribution in [0.2, 0.25) is 5.02 Å². The molecule has 5 aromatic carbocycles. The molecule has 5 N–H and O–H groups in total. The van der Waals surface area contributed by atoms with E-state index in [0.29, 0.717) is 95.4 Å². The SMILES string of the molecule is Cc1ncsc1-c1ccc([C@H](C)NC(=O)[C@@H]2C[C@@H](O)CN2C(=O)[C@@H](NCC2CCN(CC(=O)N3CCC4(CCC(c5ccc(Cl)cc5)=C(CN5CCN(c6ccc(C(=O)NS(=O)(=O)c7ccc(N[C@H](CCN8CCOCC8)CSc8ccccc8)c(S(=O)(=O)C(F)(F)F)c7)cc6)CC5)C4)C3)CC2)C(C)(C)C)cc1. The number of nitrogens with one attached hydrogen (secondary N) is 4. The van der Waals surface area contributed by atoms with Crippen molar-refractivity contribution < 1.29 is 59.0 Å². The summed E-state index contributed by atoms with van der Waals surface area (Å²) in [5.74, 6) is -0.808. The van der Waals surface area contributed by atoms with Crippen molar-refractivity contribution in [1.29, 1.82) is 0 Å². The molecule has 5 aliphatic heterocycles. The molecule has 5 fully saturated rings. The number of thiazole rings is 1. The first-order valence-corrected chi connectivity index (χ1v) is 42.5. The summed E-state index contributed by atoms with van der Waals surface area (Å²) in [7, 11) is -11.0. The van der Waals surface area contributed by atoms with Crippen LogP contribution >= 0.6 is 34.7 Å². The second-order valence-corrected chi connectivity index (χ2v) is 36.8. The number of aliphatic hydroxyl groups excluding tert-OH is 1. The molecule has 6 atom stereocenters. The Balaban J connectivity index is 0.619. The van der Waals surface area contributed by atoms with Gasteiger partial charge in [-0.1, -0.05) is 92.5 Å². The molecule has 12 rings (SSSR count). The van der Waals surface area contributed by atoms with Crippen molar-refractivity contribution in [3.05, 3.63) is 160 Å². The number of carbonyl (C=O) groups is 4. The number of likely N-dealkylation sites (tertiary alicyclic amines) is 3. The molecular formula is C79H99ClF3N11O10S4. The standard InChI is InChI=1S/C79H99ClF3N11O10S4/c1-53(56-11-13-58(14-12-56)72-54(2)85-52-106-72)86-75(98)69-43-64(95)48-94(69)76(99)73(77(3,4)5)84-46-55-26-31-90(32-27-55)49-71(96)93-34-30-78(51-93)29-25-67(57-15-19-61(80)20-16-57)60(45-78)47-91-35-37-92(38-36-91)63-21-17-59(18-22-63)74(97)88-108(102,103)66-23-24-68(70(44-66)107(100,101)79(81,82)83)87-62(28-33-89-39-41-104-42-40-89)50-105-65-9-7-6-8-10-65/h6-24,44,52-53,55,62,64,69,73,84,87,95H,25-43,45-51H2,1-5H3,(H,86,98)(H,88,97)/t53-,62+,64+,69-,73+,78?/m0/s1. The smallest absolute Gasteiger partial charge is 0.391 e. The minimum atomic E-state index is -6.11. The van der Waals surface area contributed by atoms with E-state index in [1.807, 2.05) is 112 Å². The molecule has 108 heavy (non-hydrogen) atoms. The molecule has 1 unspecified atom stereocenters. The number of piperazine rings is 1. The fraction of sp³-hybridized carbons (Fsp3) is 0.506. The number of alkyl halides is 3. The van der Waals surface area contributed by atoms with Crippen LogP contribution < -0.4 is 25.6 Å². The van der Waals surface area contributed by atoms with Gasteiger partial charge in [0.1, 0.15) is 10.9 Å². The number of benzene rings is 5. The molecule has 1 spiro atoms. The summed E-state index contributed by atoms with van der Waals surface area (Å²) in [6, 6.07) is 31.9. The highest BCUT2D eigenvalue weighted by atomic mass is 35.5. The number of rotatable bonds is 26. The van der Waals surface area contributed by atoms with Gasteiger partial charge < -0.3 is 40.5 Å². The number of thioether (sulfide) groups is 1. The lowest BCUT2D eigenvalue weighted by Crippen LogP contribution is -2.57. The molecule has 6 aliphatic rings. The van der Waals surface area contributed by atoms with Gasteiger partial charge in [0.15, 0.2) is 0 Å². The van der Waals surface area contributed by atoms with Gasteiger partial charge in [0, 0.05) is 111 Å². The van der Waals surface area contributed by atoms with E-state index in [-0.39, 0.29) is 53.6 Å². The van der Waals surface area contributed by atoms with E-state index >= 15 is 0 Å². The third kappa shape index (κ3) is 19.8. The Morgan fingerprint density at radius 1 is 0.815 bits per heavy atom. The first-order chi connectivity index (χ1) is 51.5. The summed E-state index contributed by atoms with van der Waals surface area (Å²) < 4.78 is 105. The van der Waals surface area contributed by atoms with Crippen molar-refractivity contribution in [3.8, 4) is 10.4 Å². The minimum absolute atomic E-state index is 0.0410. The number of morpholine rings is 1. The molecule has 0 radical (unpaired) electrons. The lowest BCUT2D eigenvalue weighted by Gasteiger charge is -2.41. The van der Waals surface area contributed by atoms with Gasteiger partial charge in [-0.25, -0.2) is 26.5 Å². The zero-order valence-corrected chi connectivity index (χ0v) is 65.9. The largest absolute Gasteiger partial charge is 0.501 e. The summed E-state index contributed by atoms with van der Waals surface area (Å²) in [6.45, 7) is 20.2. The second-order valence-electron chi connectivity index (χ2n) is 30.8. The van der Waals surface area contributed by atoms with Gasteiger partial charge in [0.2, 0.25) is 17.7 Å². The van der Waals surface area contributed by atoms with E-state index in [1.165, 1.54) is 35.0 Å². The lowest BCUT2D eigenvalue weighted by atomic mass is 9.69. The van der Waals surface area contributed by atoms with Gasteiger partial charge in [0.25, 0.3) is 25.8 Å². The predicted octanol–water partition coefficient (Wildman–Crippen LogP) is 11.0. The number of hydrogen-bond acceptors (Lipinski definition) is 19. The molecule has 21 nitrogen and oxygen atoms in total. The van der Waals surface area contributed by atoms with Gasteiger partial charge in [0.05, 0.1) is 64.6 Å². The summed E-state index contributed by atoms with van der Waals surface area (Å²) in [5, 5.41) is 21.3. The van der Waals surface area contributed by atoms with E-state index < -0.39 is 76.4 Å². The zero-order chi connectivity index (χ0) is 76.7. The first kappa shape index (κ1) is 80.6. The van der Waals surface area contributed by atoms with Crippen molar-refractivity contribution in [2.75, 3.05) is 127 Å². The van der Waals surface area contributed by atoms with Crippen molar-refractivity contribution in [1.82, 2.24) is 44.8 Å². The Morgan fingerprint density at radius 2 is 1.51 bits per heavy atom. The Labute approximate surface area is 645 Å². The molecule has 6 aromatic rings. The van der Waals surface area contributed by atoms with Crippen LogP contribution in [0.1, 0.15) is 112 Å². The maximum atomic E-state index is 14.6. The number of carbonyl (C=O) groups excluding carboxylic acids is 4. The molecule has 6 heterocycles. The number of nitrogens with zero attached hydrogens (tertiary/aromatic N) is 7. The fourth-order valence-electron chi connectivity index (χ4n) is 15.8. The minimum Gasteiger partial charge on any atom is -0.391 e. The number of β-amino-alcohol motifs (C(OH)–C–C–N with tert-alkyl or cyclic N) is 1. The average molecular weight is 1580 g/mol. The highest BCUT2D eigenvalue weighted by molar-refractivity contribution is 7.99. The molecule has 29 heteroatoms. The number of aryl methyl sites for hydroxylation is 1. The van der Waals surface area contributed by atoms with Crippen LogP contribution in [0.5, 0.6) is 0 Å². The van der Waals surface area contributed by atoms with Crippen LogP contribution in [-0.4, -0.2) is 222 Å². The van der Waals surface area contributed by atoms with E-state index in [2.05, 4.69) is 57.6 Å². The molecule has 582 valence electrons. The van der Waals surface area contributed by atoms with E-state index in [1.54, 1.807) is 28.4 Å². The highest BCUT2D eigenvalue weighted by Crippen LogP contribution is 2.49. The number of ether oxygens (including phenoxy) is 1. The highest BCUT2D eigenvalue weighted by Gasteiger charge is 2.50. The molecule has 4 amide bonds. The normalized spacial score (nSPS) is 21.3. The van der Waals surface area contributed by atoms with Crippen LogP contribution in [-0.2, 0) is 39.0 Å². The van der Waals surface area contributed by atoms with Crippen LogP contribution in [0.25, 0.3) is 16.0 Å². The third-order valence-electron chi connectivity index (χ3n) is 22.2. The number of hydrogen-bond donors (Lipinski definition) is 5. The van der Waals surface area contributed by atoms with Crippen LogP contribution in [0, 0.1) is 23.7 Å². The summed E-state index contributed by atoms with van der Waals surface area (Å²) in [4.78, 5) is 73.4. The van der Waals surface area contributed by atoms with Crippen molar-refractivity contribution in [2.24, 2.45) is 16.7 Å². The second kappa shape index (κ2) is 34.8. The number of halogens is 4. The Morgan fingerprint density at radius 3 is 2.18 bits per heavy atom. The number of aliphatic hydroxyl groups is 1. The van der Waals surface area contributed by atoms with Crippen LogP contribution in [0.3, 0.4) is 0 Å². The summed E-state index contributed by atoms with van der Waals surface area (Å²) in [5.41, 5.74) is 2.55. The predicted molar refractivity (Wildman–Crippen MR) is 417 cm³/mol. The third-order valence-corrected chi connectivity index (χ3v) is 27.4. The number of aromatic nitrogens is 1. The molecule has 5 saturated heterocycles. The molecular weight excluding hydrogens is 1480 g/mol. The van der Waals surface area contributed by atoms with Gasteiger partial charge in [-0.05, 0) is 184 Å². The number of amides is 4. The number of anilines is 2. The Hall–Kier alpha value is -6.96. The Kier molecular flexibility index (Phi) is 25.9. The zero-order valence-electron chi connectivity index (χ0n) is 61.9. The van der Waals surface area contributed by atoms with Gasteiger partial charge in [-0.2, -0.15) is 13.2 Å². The average Bonchev–Trinajstić information content (AvgIpc) is 1.77. The van der Waals surface area contributed by atoms with Gasteiger partial charge >= 0.3 is 5.51 Å². The first-order valence-electron chi connectivity index (χ1n) is 37.3. The molecule has 1 aliphatic carbocycles. The Bertz CT molecular complexity index is 4400. The monoisotopic (exact) mass is 1580 g/mol. The number of allylic oxidation sites excluding steroid dienone is 1. The van der Waals surface area contributed by atoms with E-state index in [9.17, 15) is 54.3 Å². The molecule has 0 bridgehead atoms. The van der Waals surface area contributed by atoms with Crippen molar-refractivity contribution in [3.63, 3.8) is 0 Å². The molecule has 1 aromatic heterocycles. The van der Waals surface area contributed by atoms with Gasteiger partial charge in [-0.3, -0.25) is 33.9 Å². The lowest BCUT2D eigenvalue weighted by molar-refractivity contribution is -0.142. The van der Waals surface area contributed by atoms with Crippen molar-refractivity contribution in [2.45, 2.75) is 136 Å². The maximum Gasteiger partial charge on any atom is 0.501 e. The van der Waals surface area contributed by atoms with Gasteiger partial charge in [-0.15, -0.1) is 23.1 Å². The van der Waals surface area contributed by atoms with Crippen molar-refractivity contribution >= 4 is 95.1 Å². The number of piperidine rings is 1. The van der Waals surface area contributed by atoms with E-state index in [0.717, 1.165) is 121 Å². The van der Waals surface area contributed by atoms with Crippen LogP contribution in [0.15, 0.2) is 147 Å². The van der Waals surface area contributed by atoms with E-state index in [4.69, 9.17) is 16.3 Å². The summed E-state index contributed by atoms with van der Waals surface area (Å²) >= 11 is 9.43. The number of sulfonamides is 1. The summed E-state index contributed by atoms with van der Waals surface area (Å²) in [6.07, 6.45) is 5.02. The van der Waals surface area contributed by atoms with Crippen LogP contribution in [0.4, 0.5) is 24.5 Å². The number of sulfone groups is 1. The quantitative estimate of drug-likeness (QED) is 0.0317. The fourth-order valence-corrected chi connectivity index (χ4v) is 19.8. The topological polar surface area (TPSA) is 246 Å². The maximum absolute atomic E-state index is 14.6. The molecule has 0 saturated carbocycles.